The van der Waals surface area contributed by atoms with E-state index in [4.69, 9.17) is 0 Å². The smallest absolute Gasteiger partial charge is 0.183 e. The molecule has 0 aliphatic heterocycles. The summed E-state index contributed by atoms with van der Waals surface area (Å²) in [5, 5.41) is 18.4. The van der Waals surface area contributed by atoms with Crippen molar-refractivity contribution in [2.24, 2.45) is 0 Å². The zero-order chi connectivity index (χ0) is 17.1. The zero-order valence-corrected chi connectivity index (χ0v) is 14.0. The van der Waals surface area contributed by atoms with E-state index in [0.29, 0.717) is 22.7 Å². The van der Waals surface area contributed by atoms with E-state index in [0.717, 1.165) is 17.3 Å². The molecule has 0 amide bonds. The van der Waals surface area contributed by atoms with Gasteiger partial charge in [-0.2, -0.15) is 0 Å². The molecule has 122 valence electrons. The number of thioether (sulfide) groups is 1. The number of allylic oxidation sites excluding steroid dienone is 2. The molecular formula is C16H15N5O2S. The summed E-state index contributed by atoms with van der Waals surface area (Å²) in [7, 11) is 0. The maximum absolute atomic E-state index is 11.6. The molecule has 1 aromatic carbocycles. The second-order valence-electron chi connectivity index (χ2n) is 5.16. The Hall–Kier alpha value is -2.74. The average Bonchev–Trinajstić information content (AvgIpc) is 2.97. The number of aromatic nitrogens is 5. The van der Waals surface area contributed by atoms with E-state index in [1.807, 2.05) is 30.3 Å². The highest BCUT2D eigenvalue weighted by molar-refractivity contribution is 8.04. The van der Waals surface area contributed by atoms with Gasteiger partial charge in [-0.3, -0.25) is 4.79 Å². The molecule has 7 nitrogen and oxygen atoms in total. The van der Waals surface area contributed by atoms with Crippen molar-refractivity contribution in [3.05, 3.63) is 52.9 Å². The SMILES string of the molecule is CC(=O)/C(Sc1ncnc2c1nnn2Cc1ccccc1)=C(\C)O. The van der Waals surface area contributed by atoms with Gasteiger partial charge >= 0.3 is 0 Å². The molecule has 3 rings (SSSR count). The summed E-state index contributed by atoms with van der Waals surface area (Å²) in [5.74, 6) is -0.278. The van der Waals surface area contributed by atoms with Crippen molar-refractivity contribution in [3.63, 3.8) is 0 Å². The lowest BCUT2D eigenvalue weighted by atomic mass is 10.2. The van der Waals surface area contributed by atoms with Gasteiger partial charge in [0.1, 0.15) is 17.1 Å². The highest BCUT2D eigenvalue weighted by Crippen LogP contribution is 2.31. The third-order valence-electron chi connectivity index (χ3n) is 3.29. The van der Waals surface area contributed by atoms with Crippen LogP contribution in [0.5, 0.6) is 0 Å². The normalized spacial score (nSPS) is 12.2. The van der Waals surface area contributed by atoms with Gasteiger partial charge in [-0.05, 0) is 19.4 Å². The predicted octanol–water partition coefficient (Wildman–Crippen LogP) is 2.74. The summed E-state index contributed by atoms with van der Waals surface area (Å²) in [5.41, 5.74) is 2.15. The second-order valence-corrected chi connectivity index (χ2v) is 6.16. The quantitative estimate of drug-likeness (QED) is 0.330. The summed E-state index contributed by atoms with van der Waals surface area (Å²) >= 11 is 1.07. The Bertz CT molecular complexity index is 917. The Morgan fingerprint density at radius 2 is 1.96 bits per heavy atom. The van der Waals surface area contributed by atoms with Crippen molar-refractivity contribution in [2.75, 3.05) is 0 Å². The van der Waals surface area contributed by atoms with Gasteiger partial charge in [0, 0.05) is 0 Å². The standard InChI is InChI=1S/C16H15N5O2S/c1-10(22)14(11(2)23)24-16-13-15(17-9-18-16)21(20-19-13)8-12-6-4-3-5-7-12/h3-7,9,22H,8H2,1-2H3/b14-10-. The third-order valence-corrected chi connectivity index (χ3v) is 4.57. The fraction of sp³-hybridized carbons (Fsp3) is 0.188. The number of ketones is 1. The number of fused-ring (bicyclic) bond motifs is 1. The van der Waals surface area contributed by atoms with Gasteiger partial charge < -0.3 is 5.11 Å². The Morgan fingerprint density at radius 1 is 1.21 bits per heavy atom. The number of nitrogens with zero attached hydrogens (tertiary/aromatic N) is 5. The summed E-state index contributed by atoms with van der Waals surface area (Å²) in [6.07, 6.45) is 1.40. The van der Waals surface area contributed by atoms with Crippen LogP contribution in [0.2, 0.25) is 0 Å². The molecule has 0 spiro atoms. The number of aliphatic hydroxyl groups excluding tert-OH is 1. The molecule has 1 N–H and O–H groups in total. The number of carbonyl (C=O) groups is 1. The van der Waals surface area contributed by atoms with Crippen LogP contribution in [0, 0.1) is 0 Å². The molecule has 3 aromatic rings. The molecule has 0 bridgehead atoms. The molecule has 2 aromatic heterocycles. The molecule has 0 radical (unpaired) electrons. The number of rotatable bonds is 5. The maximum atomic E-state index is 11.6. The van der Waals surface area contributed by atoms with Gasteiger partial charge in [-0.25, -0.2) is 14.6 Å². The number of hydrogen-bond acceptors (Lipinski definition) is 7. The fourth-order valence-electron chi connectivity index (χ4n) is 2.21. The first-order valence-electron chi connectivity index (χ1n) is 7.23. The Kier molecular flexibility index (Phi) is 4.57. The van der Waals surface area contributed by atoms with Crippen LogP contribution in [0.1, 0.15) is 19.4 Å². The zero-order valence-electron chi connectivity index (χ0n) is 13.2. The summed E-state index contributed by atoms with van der Waals surface area (Å²) in [6, 6.07) is 9.86. The largest absolute Gasteiger partial charge is 0.511 e. The highest BCUT2D eigenvalue weighted by atomic mass is 32.2. The van der Waals surface area contributed by atoms with Crippen LogP contribution in [0.3, 0.4) is 0 Å². The van der Waals surface area contributed by atoms with Crippen molar-refractivity contribution in [1.29, 1.82) is 0 Å². The first kappa shape index (κ1) is 16.1. The third kappa shape index (κ3) is 3.28. The molecule has 0 fully saturated rings. The lowest BCUT2D eigenvalue weighted by Crippen LogP contribution is -2.03. The molecule has 0 aliphatic carbocycles. The lowest BCUT2D eigenvalue weighted by molar-refractivity contribution is -0.113. The second kappa shape index (κ2) is 6.79. The van der Waals surface area contributed by atoms with Crippen molar-refractivity contribution in [2.45, 2.75) is 25.4 Å². The van der Waals surface area contributed by atoms with Gasteiger partial charge in [0.2, 0.25) is 0 Å². The van der Waals surface area contributed by atoms with E-state index in [1.165, 1.54) is 20.2 Å². The van der Waals surface area contributed by atoms with Crippen LogP contribution in [-0.4, -0.2) is 35.9 Å². The van der Waals surface area contributed by atoms with Crippen molar-refractivity contribution in [3.8, 4) is 0 Å². The van der Waals surface area contributed by atoms with E-state index >= 15 is 0 Å². The van der Waals surface area contributed by atoms with Gasteiger partial charge in [-0.15, -0.1) is 5.10 Å². The van der Waals surface area contributed by atoms with Crippen LogP contribution in [-0.2, 0) is 11.3 Å². The van der Waals surface area contributed by atoms with Crippen molar-refractivity contribution in [1.82, 2.24) is 25.0 Å². The molecule has 0 atom stereocenters. The number of aliphatic hydroxyl groups is 1. The first-order chi connectivity index (χ1) is 11.6. The predicted molar refractivity (Wildman–Crippen MR) is 90.5 cm³/mol. The number of carbonyl (C=O) groups excluding carboxylic acids is 1. The van der Waals surface area contributed by atoms with E-state index in [-0.39, 0.29) is 16.4 Å². The van der Waals surface area contributed by atoms with Crippen LogP contribution in [0.25, 0.3) is 11.2 Å². The number of benzene rings is 1. The van der Waals surface area contributed by atoms with Crippen molar-refractivity contribution >= 4 is 28.7 Å². The van der Waals surface area contributed by atoms with E-state index in [1.54, 1.807) is 4.68 Å². The molecule has 0 unspecified atom stereocenters. The topological polar surface area (TPSA) is 93.8 Å². The first-order valence-corrected chi connectivity index (χ1v) is 8.04. The summed E-state index contributed by atoms with van der Waals surface area (Å²) < 4.78 is 1.68. The monoisotopic (exact) mass is 341 g/mol. The summed E-state index contributed by atoms with van der Waals surface area (Å²) in [4.78, 5) is 20.3. The van der Waals surface area contributed by atoms with E-state index < -0.39 is 0 Å². The molecule has 24 heavy (non-hydrogen) atoms. The minimum absolute atomic E-state index is 0.0454. The molecule has 2 heterocycles. The van der Waals surface area contributed by atoms with E-state index in [9.17, 15) is 9.90 Å². The van der Waals surface area contributed by atoms with Gasteiger partial charge in [0.05, 0.1) is 11.4 Å². The molecule has 0 saturated heterocycles. The number of hydrogen-bond donors (Lipinski definition) is 1. The fourth-order valence-corrected chi connectivity index (χ4v) is 3.02. The average molecular weight is 341 g/mol. The van der Waals surface area contributed by atoms with Crippen LogP contribution in [0.15, 0.2) is 52.3 Å². The molecule has 0 aliphatic rings. The highest BCUT2D eigenvalue weighted by Gasteiger charge is 2.17. The molecular weight excluding hydrogens is 326 g/mol. The maximum Gasteiger partial charge on any atom is 0.183 e. The Balaban J connectivity index is 1.98. The van der Waals surface area contributed by atoms with E-state index in [2.05, 4.69) is 20.3 Å². The molecule has 0 saturated carbocycles. The lowest BCUT2D eigenvalue weighted by Gasteiger charge is -2.05. The molecule has 8 heteroatoms. The number of Topliss-reactive ketones (excluding diaryl/α,β-unsaturated/α-hetero) is 1. The van der Waals surface area contributed by atoms with Gasteiger partial charge in [0.25, 0.3) is 0 Å². The Labute approximate surface area is 142 Å². The van der Waals surface area contributed by atoms with Crippen molar-refractivity contribution < 1.29 is 9.90 Å². The van der Waals surface area contributed by atoms with Gasteiger partial charge in [-0.1, -0.05) is 47.3 Å². The van der Waals surface area contributed by atoms with Crippen LogP contribution < -0.4 is 0 Å². The minimum Gasteiger partial charge on any atom is -0.511 e. The van der Waals surface area contributed by atoms with Crippen LogP contribution >= 0.6 is 11.8 Å². The van der Waals surface area contributed by atoms with Crippen LogP contribution in [0.4, 0.5) is 0 Å². The van der Waals surface area contributed by atoms with Gasteiger partial charge in [0.15, 0.2) is 16.9 Å². The summed E-state index contributed by atoms with van der Waals surface area (Å²) in [6.45, 7) is 3.40. The minimum atomic E-state index is -0.233. The Morgan fingerprint density at radius 3 is 2.62 bits per heavy atom.